The summed E-state index contributed by atoms with van der Waals surface area (Å²) in [4.78, 5) is 10.9. The van der Waals surface area contributed by atoms with Gasteiger partial charge in [0.25, 0.3) is 0 Å². The SMILES string of the molecule is CC(C(=O)O)n1ccc2cccc(N)c21. The van der Waals surface area contributed by atoms with Crippen molar-refractivity contribution in [1.29, 1.82) is 0 Å². The number of carboxylic acids is 1. The van der Waals surface area contributed by atoms with E-state index < -0.39 is 12.0 Å². The van der Waals surface area contributed by atoms with Crippen LogP contribution in [0.15, 0.2) is 30.5 Å². The second-order valence-electron chi connectivity index (χ2n) is 3.52. The highest BCUT2D eigenvalue weighted by Crippen LogP contribution is 2.25. The van der Waals surface area contributed by atoms with Gasteiger partial charge in [0.1, 0.15) is 6.04 Å². The monoisotopic (exact) mass is 204 g/mol. The molecule has 15 heavy (non-hydrogen) atoms. The number of fused-ring (bicyclic) bond motifs is 1. The molecular weight excluding hydrogens is 192 g/mol. The van der Waals surface area contributed by atoms with Gasteiger partial charge in [-0.1, -0.05) is 12.1 Å². The van der Waals surface area contributed by atoms with E-state index in [1.54, 1.807) is 23.8 Å². The van der Waals surface area contributed by atoms with Crippen molar-refractivity contribution in [3.63, 3.8) is 0 Å². The summed E-state index contributed by atoms with van der Waals surface area (Å²) in [5, 5.41) is 9.90. The molecule has 3 N–H and O–H groups in total. The third kappa shape index (κ3) is 1.44. The molecule has 2 aromatic rings. The second-order valence-corrected chi connectivity index (χ2v) is 3.52. The first kappa shape index (κ1) is 9.58. The summed E-state index contributed by atoms with van der Waals surface area (Å²) < 4.78 is 1.67. The number of rotatable bonds is 2. The Hall–Kier alpha value is -1.97. The number of carboxylic acid groups (broad SMARTS) is 1. The third-order valence-corrected chi connectivity index (χ3v) is 2.55. The molecule has 1 aromatic heterocycles. The zero-order valence-corrected chi connectivity index (χ0v) is 8.34. The van der Waals surface area contributed by atoms with Crippen LogP contribution >= 0.6 is 0 Å². The Morgan fingerprint density at radius 2 is 2.20 bits per heavy atom. The van der Waals surface area contributed by atoms with Gasteiger partial charge in [-0.3, -0.25) is 0 Å². The number of aromatic nitrogens is 1. The van der Waals surface area contributed by atoms with Crippen molar-refractivity contribution in [2.45, 2.75) is 13.0 Å². The third-order valence-electron chi connectivity index (χ3n) is 2.55. The number of nitrogen functional groups attached to an aromatic ring is 1. The zero-order valence-electron chi connectivity index (χ0n) is 8.34. The topological polar surface area (TPSA) is 68.2 Å². The van der Waals surface area contributed by atoms with Crippen LogP contribution in [0.25, 0.3) is 10.9 Å². The van der Waals surface area contributed by atoms with Crippen molar-refractivity contribution in [3.05, 3.63) is 30.5 Å². The van der Waals surface area contributed by atoms with E-state index in [9.17, 15) is 4.79 Å². The Morgan fingerprint density at radius 3 is 2.87 bits per heavy atom. The zero-order chi connectivity index (χ0) is 11.0. The number of hydrogen-bond acceptors (Lipinski definition) is 2. The van der Waals surface area contributed by atoms with Crippen LogP contribution in [0.4, 0.5) is 5.69 Å². The van der Waals surface area contributed by atoms with Crippen molar-refractivity contribution < 1.29 is 9.90 Å². The van der Waals surface area contributed by atoms with E-state index in [2.05, 4.69) is 0 Å². The van der Waals surface area contributed by atoms with Crippen molar-refractivity contribution in [1.82, 2.24) is 4.57 Å². The predicted octanol–water partition coefficient (Wildman–Crippen LogP) is 1.87. The van der Waals surface area contributed by atoms with Crippen LogP contribution in [0.5, 0.6) is 0 Å². The van der Waals surface area contributed by atoms with Gasteiger partial charge in [-0.05, 0) is 19.1 Å². The molecular formula is C11H12N2O2. The average molecular weight is 204 g/mol. The van der Waals surface area contributed by atoms with E-state index in [4.69, 9.17) is 10.8 Å². The minimum absolute atomic E-state index is 0.602. The fraction of sp³-hybridized carbons (Fsp3) is 0.182. The first-order chi connectivity index (χ1) is 7.11. The van der Waals surface area contributed by atoms with E-state index >= 15 is 0 Å². The molecule has 4 heteroatoms. The highest BCUT2D eigenvalue weighted by Gasteiger charge is 2.15. The molecule has 0 radical (unpaired) electrons. The number of para-hydroxylation sites is 1. The van der Waals surface area contributed by atoms with E-state index in [0.29, 0.717) is 5.69 Å². The molecule has 0 fully saturated rings. The molecule has 0 spiro atoms. The second kappa shape index (κ2) is 3.31. The molecule has 2 rings (SSSR count). The summed E-state index contributed by atoms with van der Waals surface area (Å²) in [5.74, 6) is -0.865. The van der Waals surface area contributed by atoms with Gasteiger partial charge in [0, 0.05) is 11.6 Å². The Kier molecular flexibility index (Phi) is 2.11. The fourth-order valence-electron chi connectivity index (χ4n) is 1.69. The van der Waals surface area contributed by atoms with Crippen molar-refractivity contribution >= 4 is 22.6 Å². The molecule has 0 aliphatic carbocycles. The van der Waals surface area contributed by atoms with Gasteiger partial charge in [-0.25, -0.2) is 4.79 Å². The summed E-state index contributed by atoms with van der Waals surface area (Å²) in [7, 11) is 0. The predicted molar refractivity (Wildman–Crippen MR) is 58.7 cm³/mol. The number of aliphatic carboxylic acids is 1. The maximum Gasteiger partial charge on any atom is 0.326 e. The van der Waals surface area contributed by atoms with E-state index in [1.807, 2.05) is 18.2 Å². The van der Waals surface area contributed by atoms with E-state index in [1.165, 1.54) is 0 Å². The molecule has 0 aliphatic rings. The van der Waals surface area contributed by atoms with Gasteiger partial charge < -0.3 is 15.4 Å². The molecule has 0 saturated heterocycles. The lowest BCUT2D eigenvalue weighted by atomic mass is 10.2. The van der Waals surface area contributed by atoms with Crippen LogP contribution in [0, 0.1) is 0 Å². The van der Waals surface area contributed by atoms with E-state index in [-0.39, 0.29) is 0 Å². The molecule has 1 unspecified atom stereocenters. The van der Waals surface area contributed by atoms with Crippen LogP contribution in [0.3, 0.4) is 0 Å². The smallest absolute Gasteiger partial charge is 0.326 e. The standard InChI is InChI=1S/C11H12N2O2/c1-7(11(14)15)13-6-5-8-3-2-4-9(12)10(8)13/h2-7H,12H2,1H3,(H,14,15). The molecule has 1 heterocycles. The fourth-order valence-corrected chi connectivity index (χ4v) is 1.69. The normalized spacial score (nSPS) is 12.9. The van der Waals surface area contributed by atoms with Crippen LogP contribution in [0.2, 0.25) is 0 Å². The van der Waals surface area contributed by atoms with Crippen LogP contribution in [0.1, 0.15) is 13.0 Å². The maximum atomic E-state index is 10.9. The molecule has 1 atom stereocenters. The van der Waals surface area contributed by atoms with Crippen LogP contribution in [-0.2, 0) is 4.79 Å². The molecule has 78 valence electrons. The highest BCUT2D eigenvalue weighted by molar-refractivity contribution is 5.91. The van der Waals surface area contributed by atoms with Crippen molar-refractivity contribution in [2.24, 2.45) is 0 Å². The first-order valence-electron chi connectivity index (χ1n) is 4.69. The summed E-state index contributed by atoms with van der Waals surface area (Å²) in [6, 6.07) is 6.80. The summed E-state index contributed by atoms with van der Waals surface area (Å²) in [6.07, 6.45) is 1.75. The van der Waals surface area contributed by atoms with Crippen molar-refractivity contribution in [2.75, 3.05) is 5.73 Å². The molecule has 4 nitrogen and oxygen atoms in total. The number of nitrogens with two attached hydrogens (primary N) is 1. The minimum atomic E-state index is -0.865. The Bertz CT molecular complexity index is 516. The minimum Gasteiger partial charge on any atom is -0.480 e. The quantitative estimate of drug-likeness (QED) is 0.734. The van der Waals surface area contributed by atoms with Crippen LogP contribution in [-0.4, -0.2) is 15.6 Å². The van der Waals surface area contributed by atoms with Gasteiger partial charge in [0.05, 0.1) is 11.2 Å². The largest absolute Gasteiger partial charge is 0.480 e. The lowest BCUT2D eigenvalue weighted by Crippen LogP contribution is -2.14. The highest BCUT2D eigenvalue weighted by atomic mass is 16.4. The van der Waals surface area contributed by atoms with Crippen molar-refractivity contribution in [3.8, 4) is 0 Å². The van der Waals surface area contributed by atoms with Gasteiger partial charge in [-0.15, -0.1) is 0 Å². The Balaban J connectivity index is 2.67. The average Bonchev–Trinajstić information content (AvgIpc) is 2.61. The number of anilines is 1. The lowest BCUT2D eigenvalue weighted by molar-refractivity contribution is -0.140. The molecule has 0 saturated carbocycles. The molecule has 1 aromatic carbocycles. The molecule has 0 bridgehead atoms. The van der Waals surface area contributed by atoms with E-state index in [0.717, 1.165) is 10.9 Å². The van der Waals surface area contributed by atoms with Crippen LogP contribution < -0.4 is 5.73 Å². The summed E-state index contributed by atoms with van der Waals surface area (Å²) in [6.45, 7) is 1.63. The number of hydrogen-bond donors (Lipinski definition) is 2. The van der Waals surface area contributed by atoms with Gasteiger partial charge in [-0.2, -0.15) is 0 Å². The lowest BCUT2D eigenvalue weighted by Gasteiger charge is -2.11. The maximum absolute atomic E-state index is 10.9. The van der Waals surface area contributed by atoms with Gasteiger partial charge in [0.2, 0.25) is 0 Å². The van der Waals surface area contributed by atoms with Gasteiger partial charge >= 0.3 is 5.97 Å². The summed E-state index contributed by atoms with van der Waals surface area (Å²) in [5.41, 5.74) is 7.21. The molecule has 0 aliphatic heterocycles. The Morgan fingerprint density at radius 1 is 1.47 bits per heavy atom. The number of nitrogens with zero attached hydrogens (tertiary/aromatic N) is 1. The number of benzene rings is 1. The van der Waals surface area contributed by atoms with Gasteiger partial charge in [0.15, 0.2) is 0 Å². The summed E-state index contributed by atoms with van der Waals surface area (Å²) >= 11 is 0. The Labute approximate surface area is 86.9 Å². The number of carbonyl (C=O) groups is 1. The molecule has 0 amide bonds. The first-order valence-corrected chi connectivity index (χ1v) is 4.69.